The van der Waals surface area contributed by atoms with E-state index in [0.29, 0.717) is 29.9 Å². The van der Waals surface area contributed by atoms with Crippen molar-refractivity contribution in [1.29, 1.82) is 0 Å². The van der Waals surface area contributed by atoms with Crippen LogP contribution in [0.1, 0.15) is 6.42 Å². The topological polar surface area (TPSA) is 111 Å². The number of fused-ring (bicyclic) bond motifs is 1. The predicted octanol–water partition coefficient (Wildman–Crippen LogP) is -0.508. The maximum Gasteiger partial charge on any atom is 0.314 e. The van der Waals surface area contributed by atoms with E-state index >= 15 is 0 Å². The van der Waals surface area contributed by atoms with Crippen LogP contribution in [0, 0.1) is 0 Å². The first kappa shape index (κ1) is 14.1. The molecule has 8 nitrogen and oxygen atoms in total. The van der Waals surface area contributed by atoms with Gasteiger partial charge < -0.3 is 20.2 Å². The van der Waals surface area contributed by atoms with Crippen LogP contribution >= 0.6 is 0 Å². The first-order chi connectivity index (χ1) is 10.6. The molecule has 1 aliphatic rings. The molecule has 3 heterocycles. The van der Waals surface area contributed by atoms with Crippen molar-refractivity contribution in [2.24, 2.45) is 0 Å². The number of nitrogens with one attached hydrogen (secondary N) is 3. The normalized spacial score (nSPS) is 17.6. The van der Waals surface area contributed by atoms with Crippen LogP contribution in [0.15, 0.2) is 34.5 Å². The van der Waals surface area contributed by atoms with E-state index in [-0.39, 0.29) is 11.9 Å². The van der Waals surface area contributed by atoms with Gasteiger partial charge in [-0.25, -0.2) is 4.98 Å². The first-order valence-electron chi connectivity index (χ1n) is 6.87. The standard InChI is InChI=1S/C14H15N5O3/c1-2-10(20)16-8-4-6-19(7-8)12-11-9(3-5-15-12)17-13(21)14(22)18-11/h2-3,5,8H,1,4,6-7H2,(H,16,20)(H,17,21)(H,18,22). The molecule has 0 spiro atoms. The van der Waals surface area contributed by atoms with Crippen LogP contribution in [0.2, 0.25) is 0 Å². The first-order valence-corrected chi connectivity index (χ1v) is 6.87. The fourth-order valence-electron chi connectivity index (χ4n) is 2.60. The number of H-pyrrole nitrogens is 2. The summed E-state index contributed by atoms with van der Waals surface area (Å²) in [7, 11) is 0. The van der Waals surface area contributed by atoms with Crippen LogP contribution in [0.25, 0.3) is 11.0 Å². The summed E-state index contributed by atoms with van der Waals surface area (Å²) < 4.78 is 0. The van der Waals surface area contributed by atoms with E-state index in [1.807, 2.05) is 4.90 Å². The van der Waals surface area contributed by atoms with Crippen molar-refractivity contribution >= 4 is 22.8 Å². The largest absolute Gasteiger partial charge is 0.353 e. The molecule has 1 aliphatic heterocycles. The number of aromatic amines is 2. The van der Waals surface area contributed by atoms with E-state index in [2.05, 4.69) is 26.8 Å². The van der Waals surface area contributed by atoms with Crippen molar-refractivity contribution in [3.63, 3.8) is 0 Å². The molecule has 0 aromatic carbocycles. The van der Waals surface area contributed by atoms with Crippen molar-refractivity contribution in [1.82, 2.24) is 20.3 Å². The van der Waals surface area contributed by atoms with Crippen molar-refractivity contribution in [3.05, 3.63) is 45.6 Å². The summed E-state index contributed by atoms with van der Waals surface area (Å²) in [5, 5.41) is 2.84. The number of nitrogens with zero attached hydrogens (tertiary/aromatic N) is 2. The molecule has 1 saturated heterocycles. The molecule has 0 saturated carbocycles. The number of hydrogen-bond acceptors (Lipinski definition) is 5. The van der Waals surface area contributed by atoms with Gasteiger partial charge in [0.1, 0.15) is 5.52 Å². The van der Waals surface area contributed by atoms with Gasteiger partial charge in [0.2, 0.25) is 5.91 Å². The molecule has 0 bridgehead atoms. The maximum absolute atomic E-state index is 11.5. The quantitative estimate of drug-likeness (QED) is 0.522. The molecule has 2 aromatic heterocycles. The van der Waals surface area contributed by atoms with Gasteiger partial charge in [-0.15, -0.1) is 0 Å². The van der Waals surface area contributed by atoms with E-state index in [1.54, 1.807) is 12.3 Å². The second kappa shape index (κ2) is 5.47. The lowest BCUT2D eigenvalue weighted by molar-refractivity contribution is -0.117. The lowest BCUT2D eigenvalue weighted by Crippen LogP contribution is -2.36. The van der Waals surface area contributed by atoms with Gasteiger partial charge in [-0.1, -0.05) is 6.58 Å². The lowest BCUT2D eigenvalue weighted by Gasteiger charge is -2.19. The summed E-state index contributed by atoms with van der Waals surface area (Å²) in [5.41, 5.74) is -0.393. The van der Waals surface area contributed by atoms with Crippen LogP contribution in [-0.2, 0) is 4.79 Å². The van der Waals surface area contributed by atoms with Crippen molar-refractivity contribution in [2.45, 2.75) is 12.5 Å². The predicted molar refractivity (Wildman–Crippen MR) is 81.9 cm³/mol. The molecular formula is C14H15N5O3. The van der Waals surface area contributed by atoms with Gasteiger partial charge in [0.05, 0.1) is 5.52 Å². The molecule has 0 aliphatic carbocycles. The zero-order valence-electron chi connectivity index (χ0n) is 11.8. The summed E-state index contributed by atoms with van der Waals surface area (Å²) >= 11 is 0. The summed E-state index contributed by atoms with van der Waals surface area (Å²) in [6.07, 6.45) is 3.58. The number of aromatic nitrogens is 3. The van der Waals surface area contributed by atoms with E-state index in [9.17, 15) is 14.4 Å². The number of carbonyl (C=O) groups is 1. The molecule has 1 amide bonds. The third kappa shape index (κ3) is 2.50. The Morgan fingerprint density at radius 2 is 2.18 bits per heavy atom. The van der Waals surface area contributed by atoms with Crippen molar-refractivity contribution < 1.29 is 4.79 Å². The lowest BCUT2D eigenvalue weighted by atomic mass is 10.2. The molecular weight excluding hydrogens is 286 g/mol. The average molecular weight is 301 g/mol. The Hall–Kier alpha value is -2.90. The van der Waals surface area contributed by atoms with Gasteiger partial charge in [0.15, 0.2) is 5.82 Å². The molecule has 8 heteroatoms. The van der Waals surface area contributed by atoms with E-state index in [0.717, 1.165) is 6.42 Å². The number of hydrogen-bond donors (Lipinski definition) is 3. The van der Waals surface area contributed by atoms with Crippen LogP contribution < -0.4 is 21.3 Å². The van der Waals surface area contributed by atoms with Crippen molar-refractivity contribution in [2.75, 3.05) is 18.0 Å². The highest BCUT2D eigenvalue weighted by Gasteiger charge is 2.25. The minimum Gasteiger partial charge on any atom is -0.353 e. The molecule has 3 rings (SSSR count). The molecule has 2 aromatic rings. The highest BCUT2D eigenvalue weighted by molar-refractivity contribution is 5.87. The second-order valence-corrected chi connectivity index (χ2v) is 5.11. The highest BCUT2D eigenvalue weighted by Crippen LogP contribution is 2.23. The third-order valence-corrected chi connectivity index (χ3v) is 3.64. The number of carbonyl (C=O) groups excluding carboxylic acids is 1. The zero-order chi connectivity index (χ0) is 15.7. The SMILES string of the molecule is C=CC(=O)NC1CCN(c2nccc3[nH]c(=O)c(=O)[nH]c23)C1. The van der Waals surface area contributed by atoms with Crippen molar-refractivity contribution in [3.8, 4) is 0 Å². The van der Waals surface area contributed by atoms with Crippen LogP contribution in [0.3, 0.4) is 0 Å². The number of pyridine rings is 1. The molecule has 1 unspecified atom stereocenters. The number of amides is 1. The Kier molecular flexibility index (Phi) is 3.50. The maximum atomic E-state index is 11.5. The summed E-state index contributed by atoms with van der Waals surface area (Å²) in [4.78, 5) is 45.6. The Bertz CT molecular complexity index is 853. The molecule has 1 fully saturated rings. The molecule has 22 heavy (non-hydrogen) atoms. The van der Waals surface area contributed by atoms with Crippen LogP contribution in [-0.4, -0.2) is 40.0 Å². The molecule has 1 atom stereocenters. The fraction of sp³-hybridized carbons (Fsp3) is 0.286. The van der Waals surface area contributed by atoms with Gasteiger partial charge in [0.25, 0.3) is 0 Å². The second-order valence-electron chi connectivity index (χ2n) is 5.11. The number of anilines is 1. The van der Waals surface area contributed by atoms with E-state index in [1.165, 1.54) is 6.08 Å². The summed E-state index contributed by atoms with van der Waals surface area (Å²) in [6.45, 7) is 4.69. The summed E-state index contributed by atoms with van der Waals surface area (Å²) in [6, 6.07) is 1.63. The molecule has 0 radical (unpaired) electrons. The molecule has 114 valence electrons. The third-order valence-electron chi connectivity index (χ3n) is 3.64. The van der Waals surface area contributed by atoms with Gasteiger partial charge in [-0.05, 0) is 18.6 Å². The van der Waals surface area contributed by atoms with Crippen LogP contribution in [0.5, 0.6) is 0 Å². The Morgan fingerprint density at radius 3 is 2.95 bits per heavy atom. The Balaban J connectivity index is 1.93. The smallest absolute Gasteiger partial charge is 0.314 e. The highest BCUT2D eigenvalue weighted by atomic mass is 16.2. The zero-order valence-corrected chi connectivity index (χ0v) is 11.8. The van der Waals surface area contributed by atoms with Gasteiger partial charge in [0, 0.05) is 25.3 Å². The van der Waals surface area contributed by atoms with Crippen LogP contribution in [0.4, 0.5) is 5.82 Å². The minimum atomic E-state index is -0.711. The molecule has 3 N–H and O–H groups in total. The monoisotopic (exact) mass is 301 g/mol. The van der Waals surface area contributed by atoms with E-state index < -0.39 is 11.1 Å². The Labute approximate surface area is 124 Å². The van der Waals surface area contributed by atoms with Gasteiger partial charge in [-0.3, -0.25) is 14.4 Å². The van der Waals surface area contributed by atoms with Gasteiger partial charge >= 0.3 is 11.1 Å². The summed E-state index contributed by atoms with van der Waals surface area (Å²) in [5.74, 6) is 0.372. The fourth-order valence-corrected chi connectivity index (χ4v) is 2.60. The minimum absolute atomic E-state index is 0.00274. The number of rotatable bonds is 3. The Morgan fingerprint density at radius 1 is 1.41 bits per heavy atom. The average Bonchev–Trinajstić information content (AvgIpc) is 2.96. The van der Waals surface area contributed by atoms with Gasteiger partial charge in [-0.2, -0.15) is 0 Å². The van der Waals surface area contributed by atoms with E-state index in [4.69, 9.17) is 0 Å².